The summed E-state index contributed by atoms with van der Waals surface area (Å²) in [5.41, 5.74) is 0.225. The van der Waals surface area contributed by atoms with E-state index >= 15 is 0 Å². The van der Waals surface area contributed by atoms with Crippen molar-refractivity contribution in [3.05, 3.63) is 68.1 Å². The van der Waals surface area contributed by atoms with Gasteiger partial charge in [0.1, 0.15) is 5.56 Å². The third-order valence-electron chi connectivity index (χ3n) is 4.89. The van der Waals surface area contributed by atoms with E-state index in [0.717, 1.165) is 0 Å². The largest absolute Gasteiger partial charge is 0.477 e. The quantitative estimate of drug-likeness (QED) is 0.469. The first kappa shape index (κ1) is 24.5. The van der Waals surface area contributed by atoms with Gasteiger partial charge in [-0.25, -0.2) is 4.79 Å². The Morgan fingerprint density at radius 1 is 1.18 bits per heavy atom. The minimum absolute atomic E-state index is 0.172. The van der Waals surface area contributed by atoms with Gasteiger partial charge in [-0.2, -0.15) is 5.10 Å². The molecule has 2 N–H and O–H groups in total. The lowest BCUT2D eigenvalue weighted by Crippen LogP contribution is -2.24. The molecule has 0 atom stereocenters. The van der Waals surface area contributed by atoms with Crippen molar-refractivity contribution in [3.8, 4) is 11.3 Å². The third-order valence-corrected chi connectivity index (χ3v) is 5.63. The molecule has 3 rings (SSSR count). The minimum atomic E-state index is -1.34. The summed E-state index contributed by atoms with van der Waals surface area (Å²) >= 11 is 12.2. The zero-order valence-electron chi connectivity index (χ0n) is 18.0. The number of carbonyl (C=O) groups is 2. The summed E-state index contributed by atoms with van der Waals surface area (Å²) in [5.74, 6) is -1.22. The topological polar surface area (TPSA) is 115 Å². The van der Waals surface area contributed by atoms with Crippen molar-refractivity contribution in [2.45, 2.75) is 26.4 Å². The van der Waals surface area contributed by atoms with Crippen LogP contribution in [0.3, 0.4) is 0 Å². The lowest BCUT2D eigenvalue weighted by atomic mass is 10.0. The molecule has 0 spiro atoms. The van der Waals surface area contributed by atoms with E-state index in [1.165, 1.54) is 19.2 Å². The number of amides is 1. The molecule has 1 aromatic carbocycles. The van der Waals surface area contributed by atoms with Crippen molar-refractivity contribution in [2.24, 2.45) is 0 Å². The number of ether oxygens (including phenoxy) is 1. The first-order chi connectivity index (χ1) is 15.7. The maximum absolute atomic E-state index is 12.8. The van der Waals surface area contributed by atoms with Gasteiger partial charge < -0.3 is 19.7 Å². The van der Waals surface area contributed by atoms with E-state index in [0.29, 0.717) is 35.2 Å². The summed E-state index contributed by atoms with van der Waals surface area (Å²) in [6, 6.07) is 7.61. The summed E-state index contributed by atoms with van der Waals surface area (Å²) < 4.78 is 8.16. The highest BCUT2D eigenvalue weighted by Gasteiger charge is 2.22. The predicted molar refractivity (Wildman–Crippen MR) is 125 cm³/mol. The molecule has 2 aromatic heterocycles. The van der Waals surface area contributed by atoms with Crippen LogP contribution < -0.4 is 10.7 Å². The van der Waals surface area contributed by atoms with Gasteiger partial charge in [-0.1, -0.05) is 29.3 Å². The zero-order valence-corrected chi connectivity index (χ0v) is 19.5. The standard InChI is InChI=1S/C22H22Cl2N4O5/c1-3-28-14(12-27-8-6-18(26-27)25-19(30)7-9-33-2)11-17(29)20(22(31)32)21(28)13-4-5-15(23)16(24)10-13/h4-6,8,10-11H,3,7,9,12H2,1-2H3,(H,31,32)(H,25,26,30). The fraction of sp³-hybridized carbons (Fsp3) is 0.273. The second kappa shape index (κ2) is 10.7. The molecule has 2 heterocycles. The summed E-state index contributed by atoms with van der Waals surface area (Å²) in [6.07, 6.45) is 1.85. The van der Waals surface area contributed by atoms with E-state index in [1.54, 1.807) is 33.6 Å². The van der Waals surface area contributed by atoms with Crippen molar-refractivity contribution >= 4 is 40.9 Å². The second-order valence-corrected chi connectivity index (χ2v) is 7.91. The second-order valence-electron chi connectivity index (χ2n) is 7.09. The van der Waals surface area contributed by atoms with Crippen LogP contribution in [0.1, 0.15) is 29.4 Å². The molecule has 33 heavy (non-hydrogen) atoms. The number of anilines is 1. The number of aromatic carboxylic acids is 1. The molecule has 0 radical (unpaired) electrons. The van der Waals surface area contributed by atoms with Gasteiger partial charge in [0.2, 0.25) is 5.91 Å². The molecule has 9 nitrogen and oxygen atoms in total. The Labute approximate surface area is 199 Å². The van der Waals surface area contributed by atoms with Gasteiger partial charge in [-0.15, -0.1) is 0 Å². The molecule has 0 unspecified atom stereocenters. The van der Waals surface area contributed by atoms with Gasteiger partial charge in [0.05, 0.1) is 35.3 Å². The molecular weight excluding hydrogens is 471 g/mol. The Kier molecular flexibility index (Phi) is 7.91. The van der Waals surface area contributed by atoms with Crippen LogP contribution >= 0.6 is 23.2 Å². The number of aromatic nitrogens is 3. The highest BCUT2D eigenvalue weighted by molar-refractivity contribution is 6.42. The van der Waals surface area contributed by atoms with Crippen molar-refractivity contribution in [1.82, 2.24) is 14.3 Å². The number of benzene rings is 1. The van der Waals surface area contributed by atoms with E-state index in [2.05, 4.69) is 10.4 Å². The molecule has 0 fully saturated rings. The van der Waals surface area contributed by atoms with Crippen LogP contribution in [0.4, 0.5) is 5.82 Å². The van der Waals surface area contributed by atoms with Gasteiger partial charge in [0.15, 0.2) is 11.2 Å². The van der Waals surface area contributed by atoms with Gasteiger partial charge >= 0.3 is 5.97 Å². The van der Waals surface area contributed by atoms with Crippen LogP contribution in [0.2, 0.25) is 10.0 Å². The third kappa shape index (κ3) is 5.62. The van der Waals surface area contributed by atoms with Crippen LogP contribution in [-0.4, -0.2) is 45.0 Å². The van der Waals surface area contributed by atoms with Crippen molar-refractivity contribution in [2.75, 3.05) is 19.0 Å². The van der Waals surface area contributed by atoms with Crippen molar-refractivity contribution < 1.29 is 19.4 Å². The fourth-order valence-electron chi connectivity index (χ4n) is 3.42. The normalized spacial score (nSPS) is 10.9. The monoisotopic (exact) mass is 492 g/mol. The highest BCUT2D eigenvalue weighted by Crippen LogP contribution is 2.30. The number of hydrogen-bond acceptors (Lipinski definition) is 5. The number of nitrogens with zero attached hydrogens (tertiary/aromatic N) is 3. The van der Waals surface area contributed by atoms with E-state index < -0.39 is 11.4 Å². The van der Waals surface area contributed by atoms with E-state index in [-0.39, 0.29) is 35.2 Å². The number of rotatable bonds is 9. The number of pyridine rings is 1. The number of carboxylic acids is 1. The number of halogens is 2. The van der Waals surface area contributed by atoms with Crippen LogP contribution in [-0.2, 0) is 22.6 Å². The Hall–Kier alpha value is -3.14. The maximum Gasteiger partial charge on any atom is 0.341 e. The smallest absolute Gasteiger partial charge is 0.341 e. The molecule has 1 amide bonds. The number of carbonyl (C=O) groups excluding carboxylic acids is 1. The molecule has 3 aromatic rings. The van der Waals surface area contributed by atoms with E-state index in [4.69, 9.17) is 27.9 Å². The average molecular weight is 493 g/mol. The summed E-state index contributed by atoms with van der Waals surface area (Å²) in [4.78, 5) is 36.6. The molecule has 0 aliphatic rings. The summed E-state index contributed by atoms with van der Waals surface area (Å²) in [5, 5.41) is 17.3. The van der Waals surface area contributed by atoms with Gasteiger partial charge in [0.25, 0.3) is 0 Å². The van der Waals surface area contributed by atoms with E-state index in [9.17, 15) is 19.5 Å². The van der Waals surface area contributed by atoms with Crippen LogP contribution in [0.5, 0.6) is 0 Å². The first-order valence-electron chi connectivity index (χ1n) is 10.0. The zero-order chi connectivity index (χ0) is 24.1. The number of carboxylic acid groups (broad SMARTS) is 1. The molecule has 0 saturated carbocycles. The molecule has 0 saturated heterocycles. The fourth-order valence-corrected chi connectivity index (χ4v) is 3.72. The van der Waals surface area contributed by atoms with Crippen LogP contribution in [0, 0.1) is 0 Å². The molecule has 0 aliphatic heterocycles. The summed E-state index contributed by atoms with van der Waals surface area (Å²) in [6.45, 7) is 2.69. The van der Waals surface area contributed by atoms with Crippen molar-refractivity contribution in [1.29, 1.82) is 0 Å². The van der Waals surface area contributed by atoms with Crippen LogP contribution in [0.15, 0.2) is 41.3 Å². The lowest BCUT2D eigenvalue weighted by molar-refractivity contribution is -0.117. The SMILES string of the molecule is CCn1c(Cn2ccc(NC(=O)CCOC)n2)cc(=O)c(C(=O)O)c1-c1ccc(Cl)c(Cl)c1. The molecule has 174 valence electrons. The molecule has 11 heteroatoms. The van der Waals surface area contributed by atoms with Gasteiger partial charge in [-0.3, -0.25) is 14.3 Å². The van der Waals surface area contributed by atoms with Gasteiger partial charge in [0, 0.05) is 43.2 Å². The maximum atomic E-state index is 12.8. The Bertz CT molecular complexity index is 1250. The van der Waals surface area contributed by atoms with E-state index in [1.807, 2.05) is 6.92 Å². The minimum Gasteiger partial charge on any atom is -0.477 e. The van der Waals surface area contributed by atoms with Gasteiger partial charge in [-0.05, 0) is 19.1 Å². The Morgan fingerprint density at radius 3 is 2.58 bits per heavy atom. The van der Waals surface area contributed by atoms with Crippen LogP contribution in [0.25, 0.3) is 11.3 Å². The lowest BCUT2D eigenvalue weighted by Gasteiger charge is -2.20. The molecular formula is C22H22Cl2N4O5. The average Bonchev–Trinajstić information content (AvgIpc) is 3.20. The first-order valence-corrected chi connectivity index (χ1v) is 10.8. The Morgan fingerprint density at radius 2 is 1.94 bits per heavy atom. The number of methoxy groups -OCH3 is 1. The Balaban J connectivity index is 2.03. The molecule has 0 aliphatic carbocycles. The molecule has 0 bridgehead atoms. The van der Waals surface area contributed by atoms with Crippen molar-refractivity contribution in [3.63, 3.8) is 0 Å². The predicted octanol–water partition coefficient (Wildman–Crippen LogP) is 3.76. The number of hydrogen-bond donors (Lipinski definition) is 2. The highest BCUT2D eigenvalue weighted by atomic mass is 35.5. The summed E-state index contributed by atoms with van der Waals surface area (Å²) in [7, 11) is 1.51. The number of nitrogens with one attached hydrogen (secondary N) is 1.